The van der Waals surface area contributed by atoms with Gasteiger partial charge in [-0.15, -0.1) is 0 Å². The van der Waals surface area contributed by atoms with Crippen LogP contribution in [0.5, 0.6) is 0 Å². The lowest BCUT2D eigenvalue weighted by Crippen LogP contribution is -2.34. The highest BCUT2D eigenvalue weighted by atomic mass is 16.5. The van der Waals surface area contributed by atoms with Gasteiger partial charge in [0.05, 0.1) is 17.8 Å². The summed E-state index contributed by atoms with van der Waals surface area (Å²) in [7, 11) is 0. The molecule has 0 bridgehead atoms. The molecule has 1 fully saturated rings. The first-order chi connectivity index (χ1) is 7.97. The average Bonchev–Trinajstić information content (AvgIpc) is 2.82. The van der Waals surface area contributed by atoms with Crippen molar-refractivity contribution in [1.82, 2.24) is 15.1 Å². The predicted molar refractivity (Wildman–Crippen MR) is 67.9 cm³/mol. The van der Waals surface area contributed by atoms with Crippen LogP contribution in [0.3, 0.4) is 0 Å². The van der Waals surface area contributed by atoms with Crippen LogP contribution >= 0.6 is 0 Å². The monoisotopic (exact) mass is 237 g/mol. The molecule has 0 saturated carbocycles. The molecule has 2 atom stereocenters. The van der Waals surface area contributed by atoms with E-state index in [-0.39, 0.29) is 5.54 Å². The molecule has 2 heterocycles. The van der Waals surface area contributed by atoms with Crippen molar-refractivity contribution in [1.29, 1.82) is 0 Å². The van der Waals surface area contributed by atoms with Gasteiger partial charge in [-0.05, 0) is 34.1 Å². The Balaban J connectivity index is 1.89. The highest BCUT2D eigenvalue weighted by Crippen LogP contribution is 2.15. The lowest BCUT2D eigenvalue weighted by atomic mass is 10.1. The summed E-state index contributed by atoms with van der Waals surface area (Å²) in [5, 5.41) is 7.93. The molecule has 1 saturated heterocycles. The third-order valence-corrected chi connectivity index (χ3v) is 3.27. The van der Waals surface area contributed by atoms with Crippen molar-refractivity contribution in [2.75, 3.05) is 6.61 Å². The second-order valence-corrected chi connectivity index (χ2v) is 5.82. The minimum Gasteiger partial charge on any atom is -0.377 e. The first-order valence-corrected chi connectivity index (χ1v) is 6.36. The molecule has 1 aromatic rings. The molecule has 1 aromatic heterocycles. The fourth-order valence-electron chi connectivity index (χ4n) is 2.07. The lowest BCUT2D eigenvalue weighted by molar-refractivity contribution is 0.113. The van der Waals surface area contributed by atoms with Crippen molar-refractivity contribution in [3.05, 3.63) is 18.0 Å². The molecule has 0 spiro atoms. The number of nitrogens with zero attached hydrogens (tertiary/aromatic N) is 2. The van der Waals surface area contributed by atoms with Gasteiger partial charge >= 0.3 is 0 Å². The van der Waals surface area contributed by atoms with Crippen LogP contribution in [0.2, 0.25) is 0 Å². The fourth-order valence-corrected chi connectivity index (χ4v) is 2.07. The summed E-state index contributed by atoms with van der Waals surface area (Å²) in [6, 6.07) is 0.480. The van der Waals surface area contributed by atoms with Crippen LogP contribution in [0.25, 0.3) is 0 Å². The summed E-state index contributed by atoms with van der Waals surface area (Å²) in [6.45, 7) is 10.3. The Kier molecular flexibility index (Phi) is 3.54. The number of hydrogen-bond acceptors (Lipinski definition) is 3. The Morgan fingerprint density at radius 3 is 2.82 bits per heavy atom. The van der Waals surface area contributed by atoms with Crippen LogP contribution in [0.4, 0.5) is 0 Å². The lowest BCUT2D eigenvalue weighted by Gasteiger charge is -2.19. The van der Waals surface area contributed by atoms with Gasteiger partial charge in [-0.3, -0.25) is 4.68 Å². The molecule has 1 aliphatic heterocycles. The highest BCUT2D eigenvalue weighted by molar-refractivity contribution is 5.05. The zero-order valence-electron chi connectivity index (χ0n) is 11.2. The predicted octanol–water partition coefficient (Wildman–Crippen LogP) is 1.91. The molecular formula is C13H23N3O. The van der Waals surface area contributed by atoms with E-state index in [1.165, 1.54) is 5.56 Å². The average molecular weight is 237 g/mol. The highest BCUT2D eigenvalue weighted by Gasteiger charge is 2.23. The van der Waals surface area contributed by atoms with Gasteiger partial charge in [-0.25, -0.2) is 0 Å². The van der Waals surface area contributed by atoms with Gasteiger partial charge in [-0.1, -0.05) is 0 Å². The number of rotatable bonds is 3. The van der Waals surface area contributed by atoms with Crippen LogP contribution in [-0.2, 0) is 16.8 Å². The molecule has 4 nitrogen and oxygen atoms in total. The van der Waals surface area contributed by atoms with Gasteiger partial charge < -0.3 is 10.1 Å². The Morgan fingerprint density at radius 1 is 1.53 bits per heavy atom. The summed E-state index contributed by atoms with van der Waals surface area (Å²) in [5.74, 6) is 0. The summed E-state index contributed by atoms with van der Waals surface area (Å²) in [4.78, 5) is 0. The quantitative estimate of drug-likeness (QED) is 0.872. The number of nitrogens with one attached hydrogen (secondary N) is 1. The number of aromatic nitrogens is 2. The van der Waals surface area contributed by atoms with Crippen molar-refractivity contribution in [3.63, 3.8) is 0 Å². The maximum absolute atomic E-state index is 5.53. The number of ether oxygens (including phenoxy) is 1. The minimum atomic E-state index is 0.0576. The first kappa shape index (κ1) is 12.6. The standard InChI is InChI=1S/C13H23N3O/c1-10-12(5-6-17-10)14-7-11-8-15-16(9-11)13(2,3)4/h8-10,12,14H,5-7H2,1-4H3. The first-order valence-electron chi connectivity index (χ1n) is 6.36. The van der Waals surface area contributed by atoms with Crippen molar-refractivity contribution in [2.45, 2.75) is 58.3 Å². The molecule has 0 aliphatic carbocycles. The summed E-state index contributed by atoms with van der Waals surface area (Å²) in [5.41, 5.74) is 1.29. The van der Waals surface area contributed by atoms with Gasteiger partial charge in [0.1, 0.15) is 0 Å². The van der Waals surface area contributed by atoms with Gasteiger partial charge in [0.15, 0.2) is 0 Å². The second-order valence-electron chi connectivity index (χ2n) is 5.82. The van der Waals surface area contributed by atoms with Crippen LogP contribution in [-0.4, -0.2) is 28.5 Å². The zero-order valence-corrected chi connectivity index (χ0v) is 11.2. The Bertz CT molecular complexity index is 367. The molecule has 4 heteroatoms. The van der Waals surface area contributed by atoms with Gasteiger partial charge in [-0.2, -0.15) is 5.10 Å². The summed E-state index contributed by atoms with van der Waals surface area (Å²) < 4.78 is 7.54. The zero-order chi connectivity index (χ0) is 12.5. The third kappa shape index (κ3) is 3.07. The normalized spacial score (nSPS) is 25.4. The molecule has 0 amide bonds. The maximum atomic E-state index is 5.53. The number of hydrogen-bond donors (Lipinski definition) is 1. The molecule has 0 radical (unpaired) electrons. The minimum absolute atomic E-state index is 0.0576. The van der Waals surface area contributed by atoms with E-state index in [0.29, 0.717) is 12.1 Å². The molecule has 1 aliphatic rings. The van der Waals surface area contributed by atoms with Crippen molar-refractivity contribution >= 4 is 0 Å². The van der Waals surface area contributed by atoms with E-state index >= 15 is 0 Å². The fraction of sp³-hybridized carbons (Fsp3) is 0.769. The molecule has 2 unspecified atom stereocenters. The van der Waals surface area contributed by atoms with E-state index in [1.54, 1.807) is 0 Å². The summed E-state index contributed by atoms with van der Waals surface area (Å²) >= 11 is 0. The molecule has 96 valence electrons. The largest absolute Gasteiger partial charge is 0.377 e. The van der Waals surface area contributed by atoms with E-state index in [1.807, 2.05) is 10.9 Å². The van der Waals surface area contributed by atoms with Crippen molar-refractivity contribution in [3.8, 4) is 0 Å². The van der Waals surface area contributed by atoms with Crippen molar-refractivity contribution < 1.29 is 4.74 Å². The molecular weight excluding hydrogens is 214 g/mol. The molecule has 1 N–H and O–H groups in total. The molecule has 17 heavy (non-hydrogen) atoms. The smallest absolute Gasteiger partial charge is 0.0700 e. The van der Waals surface area contributed by atoms with E-state index < -0.39 is 0 Å². The maximum Gasteiger partial charge on any atom is 0.0700 e. The molecule has 2 rings (SSSR count). The third-order valence-electron chi connectivity index (χ3n) is 3.27. The van der Waals surface area contributed by atoms with Crippen LogP contribution < -0.4 is 5.32 Å². The topological polar surface area (TPSA) is 39.1 Å². The van der Waals surface area contributed by atoms with E-state index in [9.17, 15) is 0 Å². The van der Waals surface area contributed by atoms with Crippen LogP contribution in [0.15, 0.2) is 12.4 Å². The van der Waals surface area contributed by atoms with Gasteiger partial charge in [0.2, 0.25) is 0 Å². The second kappa shape index (κ2) is 4.78. The van der Waals surface area contributed by atoms with Crippen molar-refractivity contribution in [2.24, 2.45) is 0 Å². The van der Waals surface area contributed by atoms with Gasteiger partial charge in [0, 0.05) is 31.0 Å². The van der Waals surface area contributed by atoms with E-state index in [4.69, 9.17) is 4.74 Å². The van der Waals surface area contributed by atoms with E-state index in [0.717, 1.165) is 19.6 Å². The van der Waals surface area contributed by atoms with E-state index in [2.05, 4.69) is 44.3 Å². The Morgan fingerprint density at radius 2 is 2.29 bits per heavy atom. The van der Waals surface area contributed by atoms with Crippen LogP contribution in [0.1, 0.15) is 39.7 Å². The van der Waals surface area contributed by atoms with Crippen LogP contribution in [0, 0.1) is 0 Å². The Hall–Kier alpha value is -0.870. The SMILES string of the molecule is CC1OCCC1NCc1cnn(C(C)(C)C)c1. The molecule has 0 aromatic carbocycles. The summed E-state index contributed by atoms with van der Waals surface area (Å²) in [6.07, 6.45) is 5.49. The van der Waals surface area contributed by atoms with Gasteiger partial charge in [0.25, 0.3) is 0 Å². The Labute approximate surface area is 103 Å².